The van der Waals surface area contributed by atoms with Gasteiger partial charge in [-0.05, 0) is 57.6 Å². The number of piperidine rings is 1. The van der Waals surface area contributed by atoms with E-state index < -0.39 is 0 Å². The van der Waals surface area contributed by atoms with Crippen LogP contribution in [0.5, 0.6) is 0 Å². The lowest BCUT2D eigenvalue weighted by Crippen LogP contribution is -2.53. The molecule has 2 heterocycles. The minimum absolute atomic E-state index is 0.288. The van der Waals surface area contributed by atoms with Gasteiger partial charge in [0.2, 0.25) is 5.91 Å². The summed E-state index contributed by atoms with van der Waals surface area (Å²) in [7, 11) is 2.04. The third-order valence-corrected chi connectivity index (χ3v) is 7.39. The molecule has 4 rings (SSSR count). The number of carbonyl (C=O) groups is 1. The monoisotopic (exact) mass is 420 g/mol. The first-order valence-corrected chi connectivity index (χ1v) is 11.8. The van der Waals surface area contributed by atoms with Gasteiger partial charge in [-0.3, -0.25) is 4.79 Å². The number of amides is 1. The average molecular weight is 421 g/mol. The van der Waals surface area contributed by atoms with Gasteiger partial charge < -0.3 is 9.80 Å². The van der Waals surface area contributed by atoms with Gasteiger partial charge in [-0.2, -0.15) is 0 Å². The Bertz CT molecular complexity index is 907. The maximum atomic E-state index is 14.0. The predicted octanol–water partition coefficient (Wildman–Crippen LogP) is 4.73. The molecule has 1 saturated carbocycles. The molecule has 31 heavy (non-hydrogen) atoms. The van der Waals surface area contributed by atoms with Gasteiger partial charge in [0.15, 0.2) is 0 Å². The van der Waals surface area contributed by atoms with Gasteiger partial charge in [0.25, 0.3) is 0 Å². The molecule has 1 aromatic carbocycles. The van der Waals surface area contributed by atoms with Crippen molar-refractivity contribution < 1.29 is 4.79 Å². The van der Waals surface area contributed by atoms with Crippen LogP contribution in [0.25, 0.3) is 0 Å². The van der Waals surface area contributed by atoms with Gasteiger partial charge in [0, 0.05) is 37.9 Å². The van der Waals surface area contributed by atoms with Gasteiger partial charge in [-0.1, -0.05) is 43.5 Å². The Balaban J connectivity index is 1.50. The first kappa shape index (κ1) is 21.8. The zero-order valence-electron chi connectivity index (χ0n) is 19.5. The van der Waals surface area contributed by atoms with E-state index in [1.54, 1.807) is 0 Å². The molecule has 0 unspecified atom stereocenters. The topological polar surface area (TPSA) is 49.3 Å². The summed E-state index contributed by atoms with van der Waals surface area (Å²) in [5, 5.41) is 0. The fraction of sp³-hybridized carbons (Fsp3) is 0.577. The third kappa shape index (κ3) is 4.32. The summed E-state index contributed by atoms with van der Waals surface area (Å²) >= 11 is 0. The van der Waals surface area contributed by atoms with Crippen molar-refractivity contribution in [2.45, 2.75) is 77.2 Å². The van der Waals surface area contributed by atoms with Crippen LogP contribution in [0.15, 0.2) is 30.3 Å². The fourth-order valence-corrected chi connectivity index (χ4v) is 5.71. The van der Waals surface area contributed by atoms with Crippen molar-refractivity contribution in [2.24, 2.45) is 0 Å². The molecule has 166 valence electrons. The summed E-state index contributed by atoms with van der Waals surface area (Å²) in [5.41, 5.74) is 3.15. The van der Waals surface area contributed by atoms with Crippen LogP contribution >= 0.6 is 0 Å². The van der Waals surface area contributed by atoms with E-state index in [4.69, 9.17) is 0 Å². The quantitative estimate of drug-likeness (QED) is 0.717. The van der Waals surface area contributed by atoms with E-state index >= 15 is 0 Å². The van der Waals surface area contributed by atoms with Crippen LogP contribution in [-0.2, 0) is 10.2 Å². The molecule has 1 saturated heterocycles. The maximum Gasteiger partial charge on any atom is 0.233 e. The summed E-state index contributed by atoms with van der Waals surface area (Å²) in [6.45, 7) is 7.98. The Morgan fingerprint density at radius 1 is 1.03 bits per heavy atom. The molecular weight excluding hydrogens is 384 g/mol. The molecule has 0 N–H and O–H groups in total. The van der Waals surface area contributed by atoms with Crippen molar-refractivity contribution in [3.05, 3.63) is 53.0 Å². The number of rotatable bonds is 4. The number of hydrogen-bond acceptors (Lipinski definition) is 4. The Labute approximate surface area is 186 Å². The van der Waals surface area contributed by atoms with Crippen molar-refractivity contribution in [1.29, 1.82) is 0 Å². The highest BCUT2D eigenvalue weighted by atomic mass is 16.2. The van der Waals surface area contributed by atoms with Crippen LogP contribution in [0.4, 0.5) is 5.82 Å². The molecule has 0 spiro atoms. The van der Waals surface area contributed by atoms with Crippen LogP contribution in [0.2, 0.25) is 0 Å². The molecule has 5 heteroatoms. The maximum absolute atomic E-state index is 14.0. The lowest BCUT2D eigenvalue weighted by Gasteiger charge is -2.44. The minimum Gasteiger partial charge on any atom is -0.356 e. The standard InChI is InChI=1S/C26H36N4O/c1-19-10-6-7-11-23(19)26(14-8-5-9-15-26)25(31)29(4)22-12-16-30(17-13-22)24-18-20(2)27-21(3)28-24/h6-7,10-11,18,22H,5,8-9,12-17H2,1-4H3. The molecule has 1 aliphatic carbocycles. The highest BCUT2D eigenvalue weighted by Gasteiger charge is 2.45. The van der Waals surface area contributed by atoms with E-state index in [0.717, 1.165) is 69.0 Å². The summed E-state index contributed by atoms with van der Waals surface area (Å²) in [6.07, 6.45) is 7.42. The summed E-state index contributed by atoms with van der Waals surface area (Å²) < 4.78 is 0. The molecule has 0 bridgehead atoms. The number of nitrogens with zero attached hydrogens (tertiary/aromatic N) is 4. The number of likely N-dealkylation sites (N-methyl/N-ethyl adjacent to an activating group) is 1. The molecule has 0 atom stereocenters. The molecule has 5 nitrogen and oxygen atoms in total. The molecule has 1 aliphatic heterocycles. The Morgan fingerprint density at radius 3 is 2.35 bits per heavy atom. The molecule has 2 aromatic rings. The van der Waals surface area contributed by atoms with Crippen molar-refractivity contribution in [2.75, 3.05) is 25.0 Å². The first-order chi connectivity index (χ1) is 14.9. The number of aromatic nitrogens is 2. The predicted molar refractivity (Wildman–Crippen MR) is 125 cm³/mol. The second-order valence-corrected chi connectivity index (χ2v) is 9.51. The highest BCUT2D eigenvalue weighted by molar-refractivity contribution is 5.89. The lowest BCUT2D eigenvalue weighted by molar-refractivity contribution is -0.140. The Kier molecular flexibility index (Phi) is 6.31. The number of hydrogen-bond donors (Lipinski definition) is 0. The minimum atomic E-state index is -0.351. The van der Waals surface area contributed by atoms with Crippen LogP contribution < -0.4 is 4.90 Å². The number of anilines is 1. The van der Waals surface area contributed by atoms with Gasteiger partial charge in [0.05, 0.1) is 5.41 Å². The summed E-state index contributed by atoms with van der Waals surface area (Å²) in [6, 6.07) is 10.9. The van der Waals surface area contributed by atoms with E-state index in [1.807, 2.05) is 20.9 Å². The normalized spacial score (nSPS) is 19.3. The smallest absolute Gasteiger partial charge is 0.233 e. The zero-order valence-corrected chi connectivity index (χ0v) is 19.5. The van der Waals surface area contributed by atoms with Crippen molar-refractivity contribution in [1.82, 2.24) is 14.9 Å². The SMILES string of the molecule is Cc1cc(N2CCC(N(C)C(=O)C3(c4ccccc4C)CCCCC3)CC2)nc(C)n1. The van der Waals surface area contributed by atoms with Crippen molar-refractivity contribution in [3.63, 3.8) is 0 Å². The number of aryl methyl sites for hydroxylation is 3. The van der Waals surface area contributed by atoms with Crippen molar-refractivity contribution >= 4 is 11.7 Å². The van der Waals surface area contributed by atoms with Crippen LogP contribution in [0.1, 0.15) is 67.6 Å². The summed E-state index contributed by atoms with van der Waals surface area (Å²) in [4.78, 5) is 27.5. The molecule has 0 radical (unpaired) electrons. The molecule has 2 aliphatic rings. The fourth-order valence-electron chi connectivity index (χ4n) is 5.71. The van der Waals surface area contributed by atoms with Gasteiger partial charge in [-0.25, -0.2) is 9.97 Å². The Morgan fingerprint density at radius 2 is 1.71 bits per heavy atom. The third-order valence-electron chi connectivity index (χ3n) is 7.39. The lowest BCUT2D eigenvalue weighted by atomic mass is 9.67. The van der Waals surface area contributed by atoms with Crippen LogP contribution in [0, 0.1) is 20.8 Å². The highest BCUT2D eigenvalue weighted by Crippen LogP contribution is 2.43. The number of carbonyl (C=O) groups excluding carboxylic acids is 1. The molecule has 1 amide bonds. The van der Waals surface area contributed by atoms with E-state index in [-0.39, 0.29) is 11.5 Å². The number of benzene rings is 1. The van der Waals surface area contributed by atoms with E-state index in [2.05, 4.69) is 57.0 Å². The second kappa shape index (κ2) is 8.97. The van der Waals surface area contributed by atoms with Gasteiger partial charge in [0.1, 0.15) is 11.6 Å². The second-order valence-electron chi connectivity index (χ2n) is 9.51. The molecule has 2 fully saturated rings. The van der Waals surface area contributed by atoms with Gasteiger partial charge in [-0.15, -0.1) is 0 Å². The van der Waals surface area contributed by atoms with Crippen molar-refractivity contribution in [3.8, 4) is 0 Å². The van der Waals surface area contributed by atoms with Crippen LogP contribution in [0.3, 0.4) is 0 Å². The largest absolute Gasteiger partial charge is 0.356 e. The van der Waals surface area contributed by atoms with E-state index in [9.17, 15) is 4.79 Å². The molecule has 1 aromatic heterocycles. The molecular formula is C26H36N4O. The summed E-state index contributed by atoms with van der Waals surface area (Å²) in [5.74, 6) is 2.16. The first-order valence-electron chi connectivity index (χ1n) is 11.8. The zero-order chi connectivity index (χ0) is 22.0. The van der Waals surface area contributed by atoms with E-state index in [1.165, 1.54) is 17.5 Å². The average Bonchev–Trinajstić information content (AvgIpc) is 2.78. The van der Waals surface area contributed by atoms with E-state index in [0.29, 0.717) is 5.91 Å². The Hall–Kier alpha value is -2.43. The van der Waals surface area contributed by atoms with Gasteiger partial charge >= 0.3 is 0 Å². The van der Waals surface area contributed by atoms with Crippen LogP contribution in [-0.4, -0.2) is 47.0 Å².